The maximum absolute atomic E-state index is 10.1. The minimum Gasteiger partial charge on any atom is -0.550 e. The van der Waals surface area contributed by atoms with Gasteiger partial charge in [-0.2, -0.15) is 0 Å². The van der Waals surface area contributed by atoms with Crippen molar-refractivity contribution in [2.45, 2.75) is 18.4 Å². The molecular weight excluding hydrogens is 221 g/mol. The van der Waals surface area contributed by atoms with E-state index in [0.717, 1.165) is 0 Å². The Morgan fingerprint density at radius 3 is 1.24 bits per heavy atom. The van der Waals surface area contributed by atoms with Crippen LogP contribution in [0.2, 0.25) is 0 Å². The van der Waals surface area contributed by atoms with E-state index in [0.29, 0.717) is 0 Å². The van der Waals surface area contributed by atoms with Gasteiger partial charge in [-0.1, -0.05) is 0 Å². The van der Waals surface area contributed by atoms with E-state index in [-0.39, 0.29) is 62.1 Å². The summed E-state index contributed by atoms with van der Waals surface area (Å²) in [6.45, 7) is 0. The van der Waals surface area contributed by atoms with E-state index < -0.39 is 36.4 Å². The Kier molecular flexibility index (Phi) is 22.4. The van der Waals surface area contributed by atoms with E-state index in [1.165, 1.54) is 0 Å². The fourth-order valence-corrected chi connectivity index (χ4v) is 0.684. The van der Waals surface area contributed by atoms with Crippen molar-refractivity contribution in [1.29, 1.82) is 0 Å². The summed E-state index contributed by atoms with van der Waals surface area (Å²) < 4.78 is 0. The van der Waals surface area contributed by atoms with Gasteiger partial charge in [-0.15, -0.1) is 0 Å². The van der Waals surface area contributed by atoms with Crippen molar-refractivity contribution < 1.29 is 96.9 Å². The van der Waals surface area contributed by atoms with Crippen LogP contribution in [-0.2, 0) is 14.4 Å². The van der Waals surface area contributed by atoms with E-state index in [2.05, 4.69) is 0 Å². The normalized spacial score (nSPS) is 8.29. The van der Waals surface area contributed by atoms with Crippen LogP contribution >= 0.6 is 0 Å². The molecule has 0 aromatic rings. The number of rotatable bonds is 5. The molecule has 0 heterocycles. The second kappa shape index (κ2) is 12.6. The van der Waals surface area contributed by atoms with Crippen LogP contribution in [0.25, 0.3) is 0 Å². The van der Waals surface area contributed by atoms with Crippen molar-refractivity contribution in [3.8, 4) is 0 Å². The number of aliphatic hydroxyl groups is 1. The first-order valence-corrected chi connectivity index (χ1v) is 3.11. The zero-order valence-electron chi connectivity index (χ0n) is 9.81. The first-order valence-electron chi connectivity index (χ1n) is 3.11. The second-order valence-electron chi connectivity index (χ2n) is 2.42. The minimum absolute atomic E-state index is 0. The van der Waals surface area contributed by atoms with Crippen LogP contribution in [0.5, 0.6) is 0 Å². The van der Waals surface area contributed by atoms with Gasteiger partial charge >= 0.3 is 56.6 Å². The molecule has 0 spiro atoms. The average Bonchev–Trinajstić information content (AvgIpc) is 1.82. The summed E-state index contributed by atoms with van der Waals surface area (Å²) in [6, 6.07) is 0. The van der Waals surface area contributed by atoms with E-state index in [9.17, 15) is 29.7 Å². The molecule has 0 atom stereocenters. The molecule has 0 bridgehead atoms. The summed E-state index contributed by atoms with van der Waals surface area (Å²) in [5.74, 6) is -5.98. The molecule has 0 aromatic heterocycles. The van der Waals surface area contributed by atoms with Gasteiger partial charge in [-0.25, -0.2) is 0 Å². The van der Waals surface area contributed by atoms with Gasteiger partial charge in [0.05, 0.1) is 5.97 Å². The van der Waals surface area contributed by atoms with E-state index in [1.807, 2.05) is 0 Å². The molecule has 17 heavy (non-hydrogen) atoms. The smallest absolute Gasteiger partial charge is 0.550 e. The van der Waals surface area contributed by atoms with Gasteiger partial charge in [-0.3, -0.25) is 0 Å². The van der Waals surface area contributed by atoms with E-state index in [4.69, 9.17) is 5.11 Å². The van der Waals surface area contributed by atoms with Gasteiger partial charge in [0, 0.05) is 24.8 Å². The largest absolute Gasteiger partial charge is 1.00 e. The molecular formula is C6H7Li3O8. The predicted octanol–water partition coefficient (Wildman–Crippen LogP) is -15.1. The van der Waals surface area contributed by atoms with Crippen LogP contribution in [0.1, 0.15) is 12.8 Å². The molecule has 82 valence electrons. The van der Waals surface area contributed by atoms with E-state index >= 15 is 0 Å². The minimum atomic E-state index is -2.97. The van der Waals surface area contributed by atoms with Crippen LogP contribution in [0.3, 0.4) is 0 Å². The zero-order chi connectivity index (χ0) is 10.6. The number of aliphatic carboxylic acids is 3. The molecule has 0 aliphatic carbocycles. The molecule has 0 aliphatic rings. The molecule has 0 amide bonds. The number of hydrogen-bond donors (Lipinski definition) is 1. The molecule has 0 aromatic carbocycles. The number of carboxylic acid groups (broad SMARTS) is 3. The van der Waals surface area contributed by atoms with Gasteiger partial charge in [0.15, 0.2) is 0 Å². The average molecular weight is 228 g/mol. The first-order chi connectivity index (χ1) is 5.78. The van der Waals surface area contributed by atoms with Crippen molar-refractivity contribution in [3.63, 3.8) is 0 Å². The fraction of sp³-hybridized carbons (Fsp3) is 0.500. The molecule has 3 N–H and O–H groups in total. The SMILES string of the molecule is O.O=C([O-])CC(O)(CC(=O)[O-])C(=O)[O-].[Li+].[Li+].[Li+]. The van der Waals surface area contributed by atoms with Crippen molar-refractivity contribution in [2.24, 2.45) is 0 Å². The number of carbonyl (C=O) groups is 3. The fourth-order valence-electron chi connectivity index (χ4n) is 0.684. The summed E-state index contributed by atoms with van der Waals surface area (Å²) in [4.78, 5) is 30.0. The number of hydrogen-bond acceptors (Lipinski definition) is 7. The van der Waals surface area contributed by atoms with Crippen LogP contribution in [-0.4, -0.2) is 34.1 Å². The van der Waals surface area contributed by atoms with Gasteiger partial charge in [0.25, 0.3) is 0 Å². The molecule has 0 aliphatic heterocycles. The Morgan fingerprint density at radius 2 is 1.12 bits per heavy atom. The monoisotopic (exact) mass is 228 g/mol. The maximum Gasteiger partial charge on any atom is 1.00 e. The Labute approximate surface area is 133 Å². The van der Waals surface area contributed by atoms with Gasteiger partial charge < -0.3 is 40.3 Å². The van der Waals surface area contributed by atoms with Crippen molar-refractivity contribution in [1.82, 2.24) is 0 Å². The molecule has 0 unspecified atom stereocenters. The second-order valence-corrected chi connectivity index (χ2v) is 2.42. The number of carboxylic acids is 3. The van der Waals surface area contributed by atoms with Gasteiger partial charge in [-0.05, 0) is 0 Å². The van der Waals surface area contributed by atoms with Crippen LogP contribution in [0.4, 0.5) is 0 Å². The molecule has 0 saturated heterocycles. The van der Waals surface area contributed by atoms with Crippen LogP contribution < -0.4 is 71.9 Å². The molecule has 0 fully saturated rings. The summed E-state index contributed by atoms with van der Waals surface area (Å²) in [5, 5.41) is 38.9. The Balaban J connectivity index is -0.000000120. The third-order valence-electron chi connectivity index (χ3n) is 1.25. The number of carbonyl (C=O) groups excluding carboxylic acids is 3. The van der Waals surface area contributed by atoms with Crippen LogP contribution in [0.15, 0.2) is 0 Å². The Hall–Kier alpha value is 0.122. The zero-order valence-corrected chi connectivity index (χ0v) is 9.81. The third-order valence-corrected chi connectivity index (χ3v) is 1.25. The van der Waals surface area contributed by atoms with Crippen LogP contribution in [0, 0.1) is 0 Å². The van der Waals surface area contributed by atoms with Gasteiger partial charge in [0.1, 0.15) is 5.60 Å². The Bertz CT molecular complexity index is 240. The van der Waals surface area contributed by atoms with Crippen molar-refractivity contribution in [2.75, 3.05) is 0 Å². The molecule has 0 radical (unpaired) electrons. The van der Waals surface area contributed by atoms with E-state index in [1.54, 1.807) is 0 Å². The van der Waals surface area contributed by atoms with Crippen molar-refractivity contribution >= 4 is 17.9 Å². The first kappa shape index (κ1) is 30.3. The maximum atomic E-state index is 10.1. The third kappa shape index (κ3) is 12.4. The standard InChI is InChI=1S/C6H8O7.3Li.H2O/c7-3(8)1-6(13,5(11)12)2-4(9)10;;;;/h13H,1-2H2,(H,7,8)(H,9,10)(H,11,12);;;;1H2/q;3*+1;/p-3. The predicted molar refractivity (Wildman–Crippen MR) is 32.8 cm³/mol. The molecule has 0 saturated carbocycles. The quantitative estimate of drug-likeness (QED) is 0.454. The molecule has 0 rings (SSSR count). The molecule has 8 nitrogen and oxygen atoms in total. The van der Waals surface area contributed by atoms with Crippen molar-refractivity contribution in [3.05, 3.63) is 0 Å². The summed E-state index contributed by atoms with van der Waals surface area (Å²) in [6.07, 6.45) is -2.72. The molecule has 11 heteroatoms. The summed E-state index contributed by atoms with van der Waals surface area (Å²) in [5.41, 5.74) is -2.97. The summed E-state index contributed by atoms with van der Waals surface area (Å²) >= 11 is 0. The van der Waals surface area contributed by atoms with Gasteiger partial charge in [0.2, 0.25) is 0 Å². The summed E-state index contributed by atoms with van der Waals surface area (Å²) in [7, 11) is 0. The Morgan fingerprint density at radius 1 is 0.882 bits per heavy atom. The topological polar surface area (TPSA) is 172 Å².